The van der Waals surface area contributed by atoms with Crippen molar-refractivity contribution in [1.82, 2.24) is 10.3 Å². The molecule has 0 saturated heterocycles. The van der Waals surface area contributed by atoms with Gasteiger partial charge in [0, 0.05) is 6.54 Å². The van der Waals surface area contributed by atoms with Crippen molar-refractivity contribution in [2.45, 2.75) is 25.7 Å². The average molecular weight is 263 g/mol. The van der Waals surface area contributed by atoms with Crippen molar-refractivity contribution < 1.29 is 14.7 Å². The number of carbonyl (C=O) groups is 2. The third-order valence-electron chi connectivity index (χ3n) is 3.30. The van der Waals surface area contributed by atoms with Gasteiger partial charge in [-0.2, -0.15) is 0 Å². The fourth-order valence-electron chi connectivity index (χ4n) is 1.94. The van der Waals surface area contributed by atoms with E-state index in [2.05, 4.69) is 15.6 Å². The largest absolute Gasteiger partial charge is 0.477 e. The van der Waals surface area contributed by atoms with Gasteiger partial charge in [-0.15, -0.1) is 0 Å². The normalized spacial score (nSPS) is 14.5. The van der Waals surface area contributed by atoms with E-state index in [1.165, 1.54) is 37.6 Å². The first-order valence-electron chi connectivity index (χ1n) is 6.39. The Hall–Kier alpha value is -2.11. The predicted molar refractivity (Wildman–Crippen MR) is 70.2 cm³/mol. The van der Waals surface area contributed by atoms with Crippen molar-refractivity contribution in [3.8, 4) is 0 Å². The summed E-state index contributed by atoms with van der Waals surface area (Å²) in [5.41, 5.74) is 0.432. The lowest BCUT2D eigenvalue weighted by molar-refractivity contribution is 0.0690. The number of amides is 2. The quantitative estimate of drug-likeness (QED) is 0.758. The first kappa shape index (κ1) is 13.3. The van der Waals surface area contributed by atoms with E-state index in [1.807, 2.05) is 0 Å². The van der Waals surface area contributed by atoms with Crippen LogP contribution in [0, 0.1) is 5.92 Å². The van der Waals surface area contributed by atoms with Crippen molar-refractivity contribution in [2.75, 3.05) is 11.9 Å². The number of pyridine rings is 1. The molecular formula is C13H17N3O3. The Morgan fingerprint density at radius 3 is 2.68 bits per heavy atom. The fraction of sp³-hybridized carbons (Fsp3) is 0.462. The number of hydrogen-bond donors (Lipinski definition) is 3. The molecule has 1 aromatic heterocycles. The molecule has 1 saturated carbocycles. The first-order valence-corrected chi connectivity index (χ1v) is 6.39. The lowest BCUT2D eigenvalue weighted by Gasteiger charge is -2.25. The highest BCUT2D eigenvalue weighted by atomic mass is 16.4. The van der Waals surface area contributed by atoms with Crippen LogP contribution >= 0.6 is 0 Å². The molecule has 2 amide bonds. The van der Waals surface area contributed by atoms with Gasteiger partial charge in [-0.05, 0) is 24.5 Å². The maximum absolute atomic E-state index is 11.6. The second kappa shape index (κ2) is 6.17. The molecule has 1 fully saturated rings. The minimum atomic E-state index is -1.09. The molecule has 6 heteroatoms. The number of aromatic carboxylic acids is 1. The highest BCUT2D eigenvalue weighted by molar-refractivity contribution is 5.90. The molecule has 1 aliphatic carbocycles. The zero-order valence-corrected chi connectivity index (χ0v) is 10.6. The third kappa shape index (κ3) is 3.94. The van der Waals surface area contributed by atoms with Gasteiger partial charge in [0.25, 0.3) is 0 Å². The number of rotatable bonds is 5. The van der Waals surface area contributed by atoms with Gasteiger partial charge in [0.2, 0.25) is 0 Å². The molecule has 0 aromatic carbocycles. The number of carboxylic acid groups (broad SMARTS) is 1. The molecule has 1 aliphatic rings. The smallest absolute Gasteiger partial charge is 0.354 e. The molecule has 0 bridgehead atoms. The van der Waals surface area contributed by atoms with E-state index >= 15 is 0 Å². The van der Waals surface area contributed by atoms with Crippen LogP contribution in [-0.4, -0.2) is 28.6 Å². The average Bonchev–Trinajstić information content (AvgIpc) is 2.33. The monoisotopic (exact) mass is 263 g/mol. The number of nitrogens with one attached hydrogen (secondary N) is 2. The summed E-state index contributed by atoms with van der Waals surface area (Å²) in [5.74, 6) is -0.326. The lowest BCUT2D eigenvalue weighted by Crippen LogP contribution is -2.31. The standard InChI is InChI=1S/C13H17N3O3/c17-12(18)11-5-4-10(8-15-11)16-13(19)14-7-6-9-2-1-3-9/h4-5,8-9H,1-3,6-7H2,(H,17,18)(H2,14,16,19). The summed E-state index contributed by atoms with van der Waals surface area (Å²) >= 11 is 0. The molecular weight excluding hydrogens is 246 g/mol. The van der Waals surface area contributed by atoms with Crippen LogP contribution in [0.5, 0.6) is 0 Å². The minimum absolute atomic E-state index is 0.0454. The number of anilines is 1. The molecule has 0 atom stereocenters. The number of hydrogen-bond acceptors (Lipinski definition) is 3. The third-order valence-corrected chi connectivity index (χ3v) is 3.30. The van der Waals surface area contributed by atoms with Gasteiger partial charge in [-0.1, -0.05) is 19.3 Å². The van der Waals surface area contributed by atoms with Gasteiger partial charge < -0.3 is 15.7 Å². The summed E-state index contributed by atoms with van der Waals surface area (Å²) in [5, 5.41) is 14.1. The van der Waals surface area contributed by atoms with Crippen LogP contribution in [0.25, 0.3) is 0 Å². The van der Waals surface area contributed by atoms with Crippen LogP contribution in [0.3, 0.4) is 0 Å². The molecule has 1 aromatic rings. The molecule has 102 valence electrons. The number of carboxylic acids is 1. The number of nitrogens with zero attached hydrogens (tertiary/aromatic N) is 1. The molecule has 0 aliphatic heterocycles. The molecule has 19 heavy (non-hydrogen) atoms. The van der Waals surface area contributed by atoms with Crippen molar-refractivity contribution in [1.29, 1.82) is 0 Å². The Kier molecular flexibility index (Phi) is 4.33. The van der Waals surface area contributed by atoms with Gasteiger partial charge in [0.1, 0.15) is 5.69 Å². The highest BCUT2D eigenvalue weighted by Gasteiger charge is 2.16. The molecule has 0 radical (unpaired) electrons. The van der Waals surface area contributed by atoms with Crippen molar-refractivity contribution in [3.05, 3.63) is 24.0 Å². The number of aromatic nitrogens is 1. The Bertz CT molecular complexity index is 455. The van der Waals surface area contributed by atoms with Crippen molar-refractivity contribution in [2.24, 2.45) is 5.92 Å². The summed E-state index contributed by atoms with van der Waals surface area (Å²) in [6.07, 6.45) is 6.19. The van der Waals surface area contributed by atoms with Gasteiger partial charge in [-0.25, -0.2) is 14.6 Å². The molecule has 3 N–H and O–H groups in total. The fourth-order valence-corrected chi connectivity index (χ4v) is 1.94. The van der Waals surface area contributed by atoms with E-state index in [1.54, 1.807) is 0 Å². The summed E-state index contributed by atoms with van der Waals surface area (Å²) in [4.78, 5) is 25.9. The minimum Gasteiger partial charge on any atom is -0.477 e. The van der Waals surface area contributed by atoms with Gasteiger partial charge in [0.05, 0.1) is 11.9 Å². The van der Waals surface area contributed by atoms with E-state index in [-0.39, 0.29) is 11.7 Å². The number of urea groups is 1. The summed E-state index contributed by atoms with van der Waals surface area (Å²) in [7, 11) is 0. The maximum Gasteiger partial charge on any atom is 0.354 e. The van der Waals surface area contributed by atoms with Crippen LogP contribution in [0.2, 0.25) is 0 Å². The van der Waals surface area contributed by atoms with Crippen LogP contribution in [-0.2, 0) is 0 Å². The summed E-state index contributed by atoms with van der Waals surface area (Å²) in [6.45, 7) is 0.664. The van der Waals surface area contributed by atoms with E-state index in [0.29, 0.717) is 12.2 Å². The molecule has 2 rings (SSSR count). The van der Waals surface area contributed by atoms with E-state index in [4.69, 9.17) is 5.11 Å². The zero-order valence-electron chi connectivity index (χ0n) is 10.6. The molecule has 0 spiro atoms. The topological polar surface area (TPSA) is 91.3 Å². The second-order valence-electron chi connectivity index (χ2n) is 4.70. The van der Waals surface area contributed by atoms with Gasteiger partial charge >= 0.3 is 12.0 Å². The zero-order chi connectivity index (χ0) is 13.7. The van der Waals surface area contributed by atoms with Crippen LogP contribution in [0.15, 0.2) is 18.3 Å². The summed E-state index contributed by atoms with van der Waals surface area (Å²) < 4.78 is 0. The number of carbonyl (C=O) groups excluding carboxylic acids is 1. The van der Waals surface area contributed by atoms with E-state index < -0.39 is 5.97 Å². The molecule has 0 unspecified atom stereocenters. The predicted octanol–water partition coefficient (Wildman–Crippen LogP) is 2.09. The second-order valence-corrected chi connectivity index (χ2v) is 4.70. The maximum atomic E-state index is 11.6. The Morgan fingerprint density at radius 2 is 2.16 bits per heavy atom. The highest BCUT2D eigenvalue weighted by Crippen LogP contribution is 2.28. The molecule has 1 heterocycles. The van der Waals surface area contributed by atoms with Crippen LogP contribution in [0.4, 0.5) is 10.5 Å². The Labute approximate surface area is 111 Å². The van der Waals surface area contributed by atoms with E-state index in [9.17, 15) is 9.59 Å². The van der Waals surface area contributed by atoms with Crippen LogP contribution in [0.1, 0.15) is 36.2 Å². The Morgan fingerprint density at radius 1 is 1.37 bits per heavy atom. The lowest BCUT2D eigenvalue weighted by atomic mass is 9.83. The van der Waals surface area contributed by atoms with Crippen molar-refractivity contribution >= 4 is 17.7 Å². The SMILES string of the molecule is O=C(NCCC1CCC1)Nc1ccc(C(=O)O)nc1. The van der Waals surface area contributed by atoms with Gasteiger partial charge in [-0.3, -0.25) is 0 Å². The Balaban J connectivity index is 1.73. The first-order chi connectivity index (χ1) is 9.15. The van der Waals surface area contributed by atoms with Crippen LogP contribution < -0.4 is 10.6 Å². The summed E-state index contributed by atoms with van der Waals surface area (Å²) in [6, 6.07) is 2.58. The van der Waals surface area contributed by atoms with Gasteiger partial charge in [0.15, 0.2) is 0 Å². The van der Waals surface area contributed by atoms with Crippen molar-refractivity contribution in [3.63, 3.8) is 0 Å². The molecule has 6 nitrogen and oxygen atoms in total. The van der Waals surface area contributed by atoms with E-state index in [0.717, 1.165) is 12.3 Å².